The van der Waals surface area contributed by atoms with Gasteiger partial charge in [0, 0.05) is 19.6 Å². The molecular weight excluding hydrogens is 300 g/mol. The average Bonchev–Trinajstić information content (AvgIpc) is 2.61. The van der Waals surface area contributed by atoms with Gasteiger partial charge in [-0.05, 0) is 57.2 Å². The highest BCUT2D eigenvalue weighted by molar-refractivity contribution is 5.86. The summed E-state index contributed by atoms with van der Waals surface area (Å²) in [6.07, 6.45) is 7.09. The molecule has 2 fully saturated rings. The van der Waals surface area contributed by atoms with Gasteiger partial charge in [0.05, 0.1) is 0 Å². The van der Waals surface area contributed by atoms with Gasteiger partial charge in [0.1, 0.15) is 0 Å². The maximum atomic E-state index is 12.8. The zero-order chi connectivity index (χ0) is 16.8. The minimum atomic E-state index is -1.16. The largest absolute Gasteiger partial charge is 0.379 e. The van der Waals surface area contributed by atoms with Crippen molar-refractivity contribution in [1.82, 2.24) is 9.80 Å². The van der Waals surface area contributed by atoms with E-state index >= 15 is 0 Å². The molecule has 2 aliphatic heterocycles. The number of rotatable bonds is 6. The van der Waals surface area contributed by atoms with E-state index in [1.807, 2.05) is 11.0 Å². The molecule has 132 valence electrons. The van der Waals surface area contributed by atoms with E-state index < -0.39 is 5.60 Å². The van der Waals surface area contributed by atoms with E-state index in [-0.39, 0.29) is 5.91 Å². The number of hydrogen-bond donors (Lipinski definition) is 1. The third-order valence-corrected chi connectivity index (χ3v) is 5.37. The van der Waals surface area contributed by atoms with E-state index in [0.29, 0.717) is 13.0 Å². The Morgan fingerprint density at radius 2 is 1.75 bits per heavy atom. The van der Waals surface area contributed by atoms with E-state index in [1.54, 1.807) is 0 Å². The Labute approximate surface area is 145 Å². The molecule has 1 aromatic rings. The number of piperidine rings is 2. The lowest BCUT2D eigenvalue weighted by molar-refractivity contribution is -0.159. The van der Waals surface area contributed by atoms with Gasteiger partial charge in [-0.2, -0.15) is 0 Å². The predicted octanol–water partition coefficient (Wildman–Crippen LogP) is 2.46. The van der Waals surface area contributed by atoms with Crippen molar-refractivity contribution >= 4 is 5.91 Å². The summed E-state index contributed by atoms with van der Waals surface area (Å²) in [6, 6.07) is 10.4. The topological polar surface area (TPSA) is 43.8 Å². The molecule has 0 aromatic heterocycles. The van der Waals surface area contributed by atoms with Crippen molar-refractivity contribution in [3.05, 3.63) is 35.9 Å². The normalized spacial score (nSPS) is 25.9. The number of β-amino-alcohol motifs (C(OH)–C–C–N with tert-alkyl or cyclic N) is 1. The second kappa shape index (κ2) is 8.13. The van der Waals surface area contributed by atoms with Crippen LogP contribution < -0.4 is 0 Å². The van der Waals surface area contributed by atoms with Crippen molar-refractivity contribution in [2.45, 2.75) is 50.5 Å². The summed E-state index contributed by atoms with van der Waals surface area (Å²) in [6.45, 7) is 4.08. The number of hydrogen-bond acceptors (Lipinski definition) is 3. The molecule has 1 unspecified atom stereocenters. The van der Waals surface area contributed by atoms with Gasteiger partial charge in [-0.15, -0.1) is 0 Å². The molecule has 2 saturated heterocycles. The number of carbonyl (C=O) groups excluding carboxylic acids is 1. The summed E-state index contributed by atoms with van der Waals surface area (Å²) in [5, 5.41) is 10.9. The van der Waals surface area contributed by atoms with E-state index in [2.05, 4.69) is 29.2 Å². The number of likely N-dealkylation sites (tertiary alicyclic amines) is 2. The minimum Gasteiger partial charge on any atom is -0.379 e. The van der Waals surface area contributed by atoms with Crippen LogP contribution in [0.5, 0.6) is 0 Å². The minimum absolute atomic E-state index is 0.0487. The molecular formula is C20H30N2O2. The summed E-state index contributed by atoms with van der Waals surface area (Å²) in [5.41, 5.74) is 0.146. The standard InChI is InChI=1S/C20H30N2O2/c23-19-20(24,17-21-13-5-2-6-14-21)12-8-16-22(19)15-7-11-18-9-3-1-4-10-18/h1,3-4,9-10,24H,2,5-8,11-17H2. The highest BCUT2D eigenvalue weighted by Gasteiger charge is 2.43. The lowest BCUT2D eigenvalue weighted by Gasteiger charge is -2.41. The molecule has 2 heterocycles. The van der Waals surface area contributed by atoms with Gasteiger partial charge in [-0.25, -0.2) is 0 Å². The molecule has 0 bridgehead atoms. The van der Waals surface area contributed by atoms with Gasteiger partial charge in [0.25, 0.3) is 5.91 Å². The molecule has 1 N–H and O–H groups in total. The van der Waals surface area contributed by atoms with Gasteiger partial charge in [-0.1, -0.05) is 36.8 Å². The lowest BCUT2D eigenvalue weighted by Crippen LogP contribution is -2.59. The quantitative estimate of drug-likeness (QED) is 0.871. The van der Waals surface area contributed by atoms with Crippen LogP contribution >= 0.6 is 0 Å². The number of nitrogens with zero attached hydrogens (tertiary/aromatic N) is 2. The molecule has 2 aliphatic rings. The first kappa shape index (κ1) is 17.4. The zero-order valence-electron chi connectivity index (χ0n) is 14.6. The number of aryl methyl sites for hydroxylation is 1. The van der Waals surface area contributed by atoms with Crippen molar-refractivity contribution in [3.63, 3.8) is 0 Å². The lowest BCUT2D eigenvalue weighted by atomic mass is 9.90. The Morgan fingerprint density at radius 1 is 1.00 bits per heavy atom. The van der Waals surface area contributed by atoms with Crippen LogP contribution in [0.25, 0.3) is 0 Å². The molecule has 4 heteroatoms. The third-order valence-electron chi connectivity index (χ3n) is 5.37. The van der Waals surface area contributed by atoms with Crippen LogP contribution in [0.3, 0.4) is 0 Å². The van der Waals surface area contributed by atoms with E-state index in [4.69, 9.17) is 0 Å². The van der Waals surface area contributed by atoms with Crippen molar-refractivity contribution in [2.75, 3.05) is 32.7 Å². The third kappa shape index (κ3) is 4.37. The molecule has 4 nitrogen and oxygen atoms in total. The number of aliphatic hydroxyl groups is 1. The number of amides is 1. The second-order valence-corrected chi connectivity index (χ2v) is 7.35. The smallest absolute Gasteiger partial charge is 0.255 e. The van der Waals surface area contributed by atoms with Crippen molar-refractivity contribution in [3.8, 4) is 0 Å². The maximum Gasteiger partial charge on any atom is 0.255 e. The molecule has 24 heavy (non-hydrogen) atoms. The fourth-order valence-corrected chi connectivity index (χ4v) is 4.03. The Morgan fingerprint density at radius 3 is 2.50 bits per heavy atom. The molecule has 1 atom stereocenters. The molecule has 1 amide bonds. The van der Waals surface area contributed by atoms with E-state index in [9.17, 15) is 9.90 Å². The van der Waals surface area contributed by atoms with Gasteiger partial charge in [0.15, 0.2) is 5.60 Å². The van der Waals surface area contributed by atoms with Gasteiger partial charge < -0.3 is 10.0 Å². The Balaban J connectivity index is 1.51. The predicted molar refractivity (Wildman–Crippen MR) is 95.8 cm³/mol. The zero-order valence-corrected chi connectivity index (χ0v) is 14.6. The summed E-state index contributed by atoms with van der Waals surface area (Å²) in [4.78, 5) is 17.0. The van der Waals surface area contributed by atoms with Crippen LogP contribution in [0, 0.1) is 0 Å². The fourth-order valence-electron chi connectivity index (χ4n) is 4.03. The first-order chi connectivity index (χ1) is 11.7. The SMILES string of the molecule is O=C1N(CCCc2ccccc2)CCCC1(O)CN1CCCCC1. The van der Waals surface area contributed by atoms with Crippen molar-refractivity contribution in [2.24, 2.45) is 0 Å². The van der Waals surface area contributed by atoms with Gasteiger partial charge in [-0.3, -0.25) is 9.69 Å². The molecule has 1 aromatic carbocycles. The maximum absolute atomic E-state index is 12.8. The Hall–Kier alpha value is -1.39. The molecule has 0 radical (unpaired) electrons. The molecule has 0 spiro atoms. The summed E-state index contributed by atoms with van der Waals surface area (Å²) < 4.78 is 0. The summed E-state index contributed by atoms with van der Waals surface area (Å²) in [7, 11) is 0. The van der Waals surface area contributed by atoms with Crippen LogP contribution in [0.2, 0.25) is 0 Å². The molecule has 0 aliphatic carbocycles. The average molecular weight is 330 g/mol. The number of benzene rings is 1. The van der Waals surface area contributed by atoms with Crippen LogP contribution in [-0.2, 0) is 11.2 Å². The van der Waals surface area contributed by atoms with Crippen molar-refractivity contribution < 1.29 is 9.90 Å². The Bertz CT molecular complexity index is 528. The van der Waals surface area contributed by atoms with E-state index in [1.165, 1.54) is 24.8 Å². The van der Waals surface area contributed by atoms with Crippen LogP contribution in [-0.4, -0.2) is 59.1 Å². The first-order valence-corrected chi connectivity index (χ1v) is 9.45. The summed E-state index contributed by atoms with van der Waals surface area (Å²) >= 11 is 0. The van der Waals surface area contributed by atoms with Crippen molar-refractivity contribution in [1.29, 1.82) is 0 Å². The number of carbonyl (C=O) groups is 1. The fraction of sp³-hybridized carbons (Fsp3) is 0.650. The van der Waals surface area contributed by atoms with Gasteiger partial charge >= 0.3 is 0 Å². The Kier molecular flexibility index (Phi) is 5.90. The highest BCUT2D eigenvalue weighted by atomic mass is 16.3. The highest BCUT2D eigenvalue weighted by Crippen LogP contribution is 2.25. The second-order valence-electron chi connectivity index (χ2n) is 7.35. The monoisotopic (exact) mass is 330 g/mol. The van der Waals surface area contributed by atoms with Crippen LogP contribution in [0.4, 0.5) is 0 Å². The molecule has 0 saturated carbocycles. The van der Waals surface area contributed by atoms with Crippen LogP contribution in [0.1, 0.15) is 44.1 Å². The van der Waals surface area contributed by atoms with E-state index in [0.717, 1.165) is 45.4 Å². The molecule has 3 rings (SSSR count). The first-order valence-electron chi connectivity index (χ1n) is 9.45. The van der Waals surface area contributed by atoms with Gasteiger partial charge in [0.2, 0.25) is 0 Å². The summed E-state index contributed by atoms with van der Waals surface area (Å²) in [5.74, 6) is -0.0487. The van der Waals surface area contributed by atoms with Crippen LogP contribution in [0.15, 0.2) is 30.3 Å².